The van der Waals surface area contributed by atoms with Gasteiger partial charge in [0.25, 0.3) is 0 Å². The van der Waals surface area contributed by atoms with Crippen molar-refractivity contribution in [2.24, 2.45) is 0 Å². The number of hydrogen-bond acceptors (Lipinski definition) is 2. The number of aromatic nitrogens is 3. The predicted molar refractivity (Wildman–Crippen MR) is 60.5 cm³/mol. The van der Waals surface area contributed by atoms with E-state index >= 15 is 0 Å². The van der Waals surface area contributed by atoms with Crippen LogP contribution in [0.25, 0.3) is 11.4 Å². The van der Waals surface area contributed by atoms with Crippen LogP contribution < -0.4 is 0 Å². The molecule has 0 saturated heterocycles. The van der Waals surface area contributed by atoms with Crippen LogP contribution in [0.15, 0.2) is 30.6 Å². The maximum Gasteiger partial charge on any atom is 0.163 e. The van der Waals surface area contributed by atoms with Crippen LogP contribution in [-0.4, -0.2) is 14.8 Å². The number of rotatable bonds is 3. The van der Waals surface area contributed by atoms with Crippen LogP contribution >= 0.6 is 0 Å². The van der Waals surface area contributed by atoms with Gasteiger partial charge in [0.05, 0.1) is 0 Å². The molecular weight excluding hydrogens is 186 g/mol. The van der Waals surface area contributed by atoms with Gasteiger partial charge in [-0.3, -0.25) is 0 Å². The van der Waals surface area contributed by atoms with Crippen LogP contribution in [0, 0.1) is 6.92 Å². The predicted octanol–water partition coefficient (Wildman–Crippen LogP) is 2.66. The average Bonchev–Trinajstić information content (AvgIpc) is 2.66. The normalized spacial score (nSPS) is 10.5. The number of benzene rings is 1. The van der Waals surface area contributed by atoms with Crippen molar-refractivity contribution in [3.63, 3.8) is 0 Å². The molecule has 1 heterocycles. The molecule has 15 heavy (non-hydrogen) atoms. The second-order valence-electron chi connectivity index (χ2n) is 3.72. The molecule has 1 aromatic heterocycles. The fraction of sp³-hybridized carbons (Fsp3) is 0.333. The zero-order valence-electron chi connectivity index (χ0n) is 9.14. The quantitative estimate of drug-likeness (QED) is 0.764. The third kappa shape index (κ3) is 2.06. The van der Waals surface area contributed by atoms with E-state index < -0.39 is 0 Å². The van der Waals surface area contributed by atoms with E-state index in [0.29, 0.717) is 0 Å². The molecule has 0 aliphatic carbocycles. The van der Waals surface area contributed by atoms with Gasteiger partial charge in [0, 0.05) is 12.1 Å². The Morgan fingerprint density at radius 2 is 2.20 bits per heavy atom. The molecule has 3 heteroatoms. The monoisotopic (exact) mass is 201 g/mol. The van der Waals surface area contributed by atoms with Gasteiger partial charge in [0.2, 0.25) is 0 Å². The van der Waals surface area contributed by atoms with Crippen molar-refractivity contribution in [2.75, 3.05) is 0 Å². The Morgan fingerprint density at radius 3 is 2.93 bits per heavy atom. The van der Waals surface area contributed by atoms with E-state index in [1.165, 1.54) is 5.56 Å². The Hall–Kier alpha value is -1.64. The summed E-state index contributed by atoms with van der Waals surface area (Å²) in [6.07, 6.45) is 2.89. The second kappa shape index (κ2) is 4.26. The third-order valence-electron chi connectivity index (χ3n) is 2.36. The summed E-state index contributed by atoms with van der Waals surface area (Å²) in [5.41, 5.74) is 2.39. The zero-order chi connectivity index (χ0) is 10.7. The first kappa shape index (κ1) is 9.90. The highest BCUT2D eigenvalue weighted by atomic mass is 15.3. The van der Waals surface area contributed by atoms with Crippen molar-refractivity contribution in [1.82, 2.24) is 14.8 Å². The first-order chi connectivity index (χ1) is 7.31. The lowest BCUT2D eigenvalue weighted by Gasteiger charge is -2.05. The Bertz CT molecular complexity index is 446. The molecule has 2 aromatic rings. The number of hydrogen-bond donors (Lipinski definition) is 0. The molecule has 0 unspecified atom stereocenters. The Labute approximate surface area is 89.8 Å². The zero-order valence-corrected chi connectivity index (χ0v) is 9.14. The summed E-state index contributed by atoms with van der Waals surface area (Å²) in [7, 11) is 0. The Morgan fingerprint density at radius 1 is 1.33 bits per heavy atom. The van der Waals surface area contributed by atoms with Crippen molar-refractivity contribution < 1.29 is 0 Å². The van der Waals surface area contributed by atoms with Crippen molar-refractivity contribution >= 4 is 0 Å². The fourth-order valence-electron chi connectivity index (χ4n) is 1.67. The highest BCUT2D eigenvalue weighted by molar-refractivity contribution is 5.55. The van der Waals surface area contributed by atoms with Gasteiger partial charge in [0.15, 0.2) is 5.82 Å². The maximum atomic E-state index is 4.16. The summed E-state index contributed by atoms with van der Waals surface area (Å²) in [5, 5.41) is 8.12. The van der Waals surface area contributed by atoms with E-state index in [1.807, 2.05) is 0 Å². The van der Waals surface area contributed by atoms with E-state index in [1.54, 1.807) is 6.33 Å². The molecule has 1 aromatic carbocycles. The summed E-state index contributed by atoms with van der Waals surface area (Å²) in [6, 6.07) is 8.35. The van der Waals surface area contributed by atoms with Gasteiger partial charge in [-0.2, -0.15) is 0 Å². The third-order valence-corrected chi connectivity index (χ3v) is 2.36. The molecule has 0 amide bonds. The van der Waals surface area contributed by atoms with Gasteiger partial charge in [-0.25, -0.2) is 0 Å². The first-order valence-electron chi connectivity index (χ1n) is 5.26. The fourth-order valence-corrected chi connectivity index (χ4v) is 1.67. The maximum absolute atomic E-state index is 4.16. The Balaban J connectivity index is 2.40. The van der Waals surface area contributed by atoms with Crippen LogP contribution in [0.4, 0.5) is 0 Å². The van der Waals surface area contributed by atoms with Crippen molar-refractivity contribution in [3.05, 3.63) is 36.2 Å². The minimum absolute atomic E-state index is 0.959. The van der Waals surface area contributed by atoms with E-state index in [0.717, 1.165) is 24.4 Å². The lowest BCUT2D eigenvalue weighted by atomic mass is 10.1. The molecule has 0 aliphatic rings. The summed E-state index contributed by atoms with van der Waals surface area (Å²) in [5.74, 6) is 0.959. The van der Waals surface area contributed by atoms with Gasteiger partial charge in [-0.05, 0) is 19.4 Å². The van der Waals surface area contributed by atoms with Gasteiger partial charge in [0.1, 0.15) is 6.33 Å². The standard InChI is InChI=1S/C12H15N3/c1-3-7-15-9-13-14-12(15)11-6-4-5-10(2)8-11/h4-6,8-9H,3,7H2,1-2H3. The topological polar surface area (TPSA) is 30.7 Å². The molecular formula is C12H15N3. The highest BCUT2D eigenvalue weighted by Crippen LogP contribution is 2.17. The Kier molecular flexibility index (Phi) is 2.81. The molecule has 0 atom stereocenters. The minimum Gasteiger partial charge on any atom is -0.314 e. The van der Waals surface area contributed by atoms with Gasteiger partial charge in [-0.1, -0.05) is 30.7 Å². The van der Waals surface area contributed by atoms with E-state index in [9.17, 15) is 0 Å². The van der Waals surface area contributed by atoms with Crippen LogP contribution in [0.1, 0.15) is 18.9 Å². The molecule has 0 spiro atoms. The molecule has 0 saturated carbocycles. The lowest BCUT2D eigenvalue weighted by molar-refractivity contribution is 0.682. The number of nitrogens with zero attached hydrogens (tertiary/aromatic N) is 3. The molecule has 2 rings (SSSR count). The summed E-state index contributed by atoms with van der Waals surface area (Å²) in [4.78, 5) is 0. The average molecular weight is 201 g/mol. The highest BCUT2D eigenvalue weighted by Gasteiger charge is 2.05. The van der Waals surface area contributed by atoms with Crippen molar-refractivity contribution in [2.45, 2.75) is 26.8 Å². The van der Waals surface area contributed by atoms with Crippen molar-refractivity contribution in [3.8, 4) is 11.4 Å². The van der Waals surface area contributed by atoms with Crippen molar-refractivity contribution in [1.29, 1.82) is 0 Å². The van der Waals surface area contributed by atoms with Crippen LogP contribution in [0.2, 0.25) is 0 Å². The molecule has 0 N–H and O–H groups in total. The van der Waals surface area contributed by atoms with E-state index in [2.05, 4.69) is 52.9 Å². The molecule has 0 aliphatic heterocycles. The SMILES string of the molecule is CCCn1cnnc1-c1cccc(C)c1. The van der Waals surface area contributed by atoms with Crippen LogP contribution in [0.3, 0.4) is 0 Å². The smallest absolute Gasteiger partial charge is 0.163 e. The molecule has 78 valence electrons. The summed E-state index contributed by atoms with van der Waals surface area (Å²) in [6.45, 7) is 5.21. The molecule has 0 radical (unpaired) electrons. The minimum atomic E-state index is 0.959. The molecule has 0 fully saturated rings. The summed E-state index contributed by atoms with van der Waals surface area (Å²) >= 11 is 0. The largest absolute Gasteiger partial charge is 0.314 e. The van der Waals surface area contributed by atoms with Crippen LogP contribution in [-0.2, 0) is 6.54 Å². The second-order valence-corrected chi connectivity index (χ2v) is 3.72. The lowest BCUT2D eigenvalue weighted by Crippen LogP contribution is -1.98. The molecule has 3 nitrogen and oxygen atoms in total. The van der Waals surface area contributed by atoms with E-state index in [4.69, 9.17) is 0 Å². The van der Waals surface area contributed by atoms with Gasteiger partial charge in [-0.15, -0.1) is 10.2 Å². The van der Waals surface area contributed by atoms with Gasteiger partial charge < -0.3 is 4.57 Å². The van der Waals surface area contributed by atoms with Gasteiger partial charge >= 0.3 is 0 Å². The van der Waals surface area contributed by atoms with E-state index in [-0.39, 0.29) is 0 Å². The van der Waals surface area contributed by atoms with Crippen LogP contribution in [0.5, 0.6) is 0 Å². The number of aryl methyl sites for hydroxylation is 2. The summed E-state index contributed by atoms with van der Waals surface area (Å²) < 4.78 is 2.09. The molecule has 0 bridgehead atoms. The first-order valence-corrected chi connectivity index (χ1v) is 5.26.